The maximum atomic E-state index is 9.40. The van der Waals surface area contributed by atoms with Crippen molar-refractivity contribution in [2.45, 2.75) is 20.3 Å². The van der Waals surface area contributed by atoms with E-state index >= 15 is 0 Å². The highest BCUT2D eigenvalue weighted by Crippen LogP contribution is 2.21. The molecule has 4 heteroatoms. The molecular weight excluding hydrogens is 206 g/mol. The Bertz CT molecular complexity index is 152. The van der Waals surface area contributed by atoms with E-state index in [2.05, 4.69) is 18.7 Å². The largest absolute Gasteiger partial charge is 0.396 e. The SMILES string of the molecule is CCC(C)(CO)CN(CCOC)CCOC. The number of ether oxygens (including phenoxy) is 2. The van der Waals surface area contributed by atoms with Crippen molar-refractivity contribution in [2.75, 3.05) is 53.7 Å². The van der Waals surface area contributed by atoms with Crippen LogP contribution >= 0.6 is 0 Å². The molecule has 0 heterocycles. The van der Waals surface area contributed by atoms with Crippen LogP contribution < -0.4 is 0 Å². The van der Waals surface area contributed by atoms with Gasteiger partial charge in [0.15, 0.2) is 0 Å². The van der Waals surface area contributed by atoms with Crippen molar-refractivity contribution in [1.29, 1.82) is 0 Å². The van der Waals surface area contributed by atoms with Gasteiger partial charge in [0.1, 0.15) is 0 Å². The Morgan fingerprint density at radius 2 is 1.62 bits per heavy atom. The maximum absolute atomic E-state index is 9.40. The molecule has 0 rings (SSSR count). The van der Waals surface area contributed by atoms with E-state index < -0.39 is 0 Å². The third-order valence-corrected chi connectivity index (χ3v) is 3.06. The van der Waals surface area contributed by atoms with Gasteiger partial charge in [0.05, 0.1) is 13.2 Å². The van der Waals surface area contributed by atoms with Crippen molar-refractivity contribution < 1.29 is 14.6 Å². The molecule has 0 aromatic heterocycles. The summed E-state index contributed by atoms with van der Waals surface area (Å²) in [4.78, 5) is 2.28. The minimum atomic E-state index is -0.0263. The molecule has 0 amide bonds. The summed E-state index contributed by atoms with van der Waals surface area (Å²) in [5.74, 6) is 0. The third-order valence-electron chi connectivity index (χ3n) is 3.06. The van der Waals surface area contributed by atoms with E-state index in [-0.39, 0.29) is 12.0 Å². The number of rotatable bonds is 10. The van der Waals surface area contributed by atoms with Gasteiger partial charge in [0, 0.05) is 45.9 Å². The minimum Gasteiger partial charge on any atom is -0.396 e. The van der Waals surface area contributed by atoms with Crippen molar-refractivity contribution in [3.8, 4) is 0 Å². The first kappa shape index (κ1) is 15.8. The number of hydrogen-bond donors (Lipinski definition) is 1. The quantitative estimate of drug-likeness (QED) is 0.611. The Morgan fingerprint density at radius 3 is 1.94 bits per heavy atom. The second kappa shape index (κ2) is 8.93. The van der Waals surface area contributed by atoms with Gasteiger partial charge in [-0.15, -0.1) is 0 Å². The van der Waals surface area contributed by atoms with E-state index in [1.54, 1.807) is 14.2 Å². The fourth-order valence-electron chi connectivity index (χ4n) is 1.52. The predicted molar refractivity (Wildman–Crippen MR) is 65.7 cm³/mol. The maximum Gasteiger partial charge on any atom is 0.0589 e. The van der Waals surface area contributed by atoms with Crippen LogP contribution in [0, 0.1) is 5.41 Å². The third kappa shape index (κ3) is 6.43. The lowest BCUT2D eigenvalue weighted by atomic mass is 9.88. The zero-order valence-corrected chi connectivity index (χ0v) is 11.2. The molecule has 1 unspecified atom stereocenters. The second-order valence-corrected chi connectivity index (χ2v) is 4.58. The first-order valence-corrected chi connectivity index (χ1v) is 5.93. The zero-order chi connectivity index (χ0) is 12.4. The van der Waals surface area contributed by atoms with Crippen molar-refractivity contribution >= 4 is 0 Å². The number of methoxy groups -OCH3 is 2. The smallest absolute Gasteiger partial charge is 0.0589 e. The van der Waals surface area contributed by atoms with E-state index in [0.717, 1.165) is 39.3 Å². The van der Waals surface area contributed by atoms with Gasteiger partial charge in [-0.05, 0) is 6.42 Å². The van der Waals surface area contributed by atoms with E-state index in [1.165, 1.54) is 0 Å². The summed E-state index contributed by atoms with van der Waals surface area (Å²) in [6.07, 6.45) is 0.972. The number of hydrogen-bond acceptors (Lipinski definition) is 4. The zero-order valence-electron chi connectivity index (χ0n) is 11.2. The molecule has 16 heavy (non-hydrogen) atoms. The summed E-state index contributed by atoms with van der Waals surface area (Å²) in [6.45, 7) is 8.53. The van der Waals surface area contributed by atoms with Crippen LogP contribution in [0.25, 0.3) is 0 Å². The predicted octanol–water partition coefficient (Wildman–Crippen LogP) is 0.990. The molecular formula is C12H27NO3. The monoisotopic (exact) mass is 233 g/mol. The first-order chi connectivity index (χ1) is 7.61. The van der Waals surface area contributed by atoms with Crippen molar-refractivity contribution in [1.82, 2.24) is 4.90 Å². The summed E-state index contributed by atoms with van der Waals surface area (Å²) in [5, 5.41) is 9.40. The van der Waals surface area contributed by atoms with Crippen molar-refractivity contribution in [3.63, 3.8) is 0 Å². The Labute approximate surface area is 99.5 Å². The molecule has 0 saturated heterocycles. The Kier molecular flexibility index (Phi) is 8.84. The standard InChI is InChI=1S/C12H27NO3/c1-5-12(2,11-14)10-13(6-8-15-3)7-9-16-4/h14H,5-11H2,1-4H3. The molecule has 0 radical (unpaired) electrons. The molecule has 0 aliphatic rings. The number of aliphatic hydroxyl groups excluding tert-OH is 1. The van der Waals surface area contributed by atoms with Gasteiger partial charge < -0.3 is 14.6 Å². The van der Waals surface area contributed by atoms with Crippen LogP contribution in [0.1, 0.15) is 20.3 Å². The van der Waals surface area contributed by atoms with Crippen molar-refractivity contribution in [2.24, 2.45) is 5.41 Å². The lowest BCUT2D eigenvalue weighted by Gasteiger charge is -2.33. The summed E-state index contributed by atoms with van der Waals surface area (Å²) in [7, 11) is 3.42. The van der Waals surface area contributed by atoms with Crippen LogP contribution in [-0.2, 0) is 9.47 Å². The number of aliphatic hydroxyl groups is 1. The van der Waals surface area contributed by atoms with Crippen LogP contribution in [0.4, 0.5) is 0 Å². The fourth-order valence-corrected chi connectivity index (χ4v) is 1.52. The molecule has 0 bridgehead atoms. The highest BCUT2D eigenvalue weighted by Gasteiger charge is 2.24. The Morgan fingerprint density at radius 1 is 1.12 bits per heavy atom. The van der Waals surface area contributed by atoms with E-state index in [9.17, 15) is 5.11 Å². The first-order valence-electron chi connectivity index (χ1n) is 5.93. The molecule has 0 aliphatic carbocycles. The van der Waals surface area contributed by atoms with Crippen molar-refractivity contribution in [3.05, 3.63) is 0 Å². The lowest BCUT2D eigenvalue weighted by Crippen LogP contribution is -2.41. The van der Waals surface area contributed by atoms with Crippen LogP contribution in [-0.4, -0.2) is 63.7 Å². The summed E-state index contributed by atoms with van der Waals surface area (Å²) >= 11 is 0. The Balaban J connectivity index is 4.15. The minimum absolute atomic E-state index is 0.0263. The van der Waals surface area contributed by atoms with Gasteiger partial charge in [-0.3, -0.25) is 4.90 Å². The topological polar surface area (TPSA) is 41.9 Å². The molecule has 0 aromatic carbocycles. The molecule has 0 spiro atoms. The average molecular weight is 233 g/mol. The summed E-state index contributed by atoms with van der Waals surface area (Å²) in [6, 6.07) is 0. The molecule has 1 atom stereocenters. The van der Waals surface area contributed by atoms with E-state index in [1.807, 2.05) is 0 Å². The van der Waals surface area contributed by atoms with E-state index in [0.29, 0.717) is 0 Å². The average Bonchev–Trinajstić information content (AvgIpc) is 2.32. The molecule has 0 saturated carbocycles. The van der Waals surface area contributed by atoms with E-state index in [4.69, 9.17) is 9.47 Å². The molecule has 0 fully saturated rings. The lowest BCUT2D eigenvalue weighted by molar-refractivity contribution is 0.0533. The summed E-state index contributed by atoms with van der Waals surface area (Å²) < 4.78 is 10.2. The summed E-state index contributed by atoms with van der Waals surface area (Å²) in [5.41, 5.74) is -0.0263. The van der Waals surface area contributed by atoms with Gasteiger partial charge in [-0.2, -0.15) is 0 Å². The van der Waals surface area contributed by atoms with Crippen LogP contribution in [0.15, 0.2) is 0 Å². The van der Waals surface area contributed by atoms with Gasteiger partial charge >= 0.3 is 0 Å². The molecule has 0 aliphatic heterocycles. The Hall–Kier alpha value is -0.160. The van der Waals surface area contributed by atoms with Gasteiger partial charge in [0.25, 0.3) is 0 Å². The molecule has 98 valence electrons. The van der Waals surface area contributed by atoms with Crippen LogP contribution in [0.2, 0.25) is 0 Å². The van der Waals surface area contributed by atoms with Crippen LogP contribution in [0.3, 0.4) is 0 Å². The molecule has 0 aromatic rings. The normalized spacial score (nSPS) is 15.4. The highest BCUT2D eigenvalue weighted by atomic mass is 16.5. The molecule has 1 N–H and O–H groups in total. The van der Waals surface area contributed by atoms with Crippen LogP contribution in [0.5, 0.6) is 0 Å². The van der Waals surface area contributed by atoms with Gasteiger partial charge in [0.2, 0.25) is 0 Å². The van der Waals surface area contributed by atoms with Gasteiger partial charge in [-0.25, -0.2) is 0 Å². The van der Waals surface area contributed by atoms with Gasteiger partial charge in [-0.1, -0.05) is 13.8 Å². The number of nitrogens with zero attached hydrogens (tertiary/aromatic N) is 1. The highest BCUT2D eigenvalue weighted by molar-refractivity contribution is 4.76. The molecule has 4 nitrogen and oxygen atoms in total. The second-order valence-electron chi connectivity index (χ2n) is 4.58. The fraction of sp³-hybridized carbons (Fsp3) is 1.00.